The second-order valence-corrected chi connectivity index (χ2v) is 12.9. The van der Waals surface area contributed by atoms with Crippen LogP contribution in [0.25, 0.3) is 44.8 Å². The summed E-state index contributed by atoms with van der Waals surface area (Å²) in [6.07, 6.45) is 7.96. The smallest absolute Gasteiger partial charge is 0.327 e. The number of nitrogens with two attached hydrogens (primary N) is 1. The summed E-state index contributed by atoms with van der Waals surface area (Å²) in [5.74, 6) is 2.02. The number of likely N-dealkylation sites (tertiary alicyclic amines) is 1. The molecule has 12 heteroatoms. The van der Waals surface area contributed by atoms with E-state index in [1.165, 1.54) is 12.8 Å². The Morgan fingerprint density at radius 1 is 1.09 bits per heavy atom. The normalized spacial score (nSPS) is 20.7. The van der Waals surface area contributed by atoms with Crippen molar-refractivity contribution in [1.29, 1.82) is 0 Å². The third kappa shape index (κ3) is 4.74. The van der Waals surface area contributed by atoms with Crippen LogP contribution in [0.15, 0.2) is 42.7 Å². The van der Waals surface area contributed by atoms with Gasteiger partial charge >= 0.3 is 5.97 Å². The van der Waals surface area contributed by atoms with E-state index in [-0.39, 0.29) is 30.5 Å². The third-order valence-corrected chi connectivity index (χ3v) is 9.95. The van der Waals surface area contributed by atoms with Crippen molar-refractivity contribution in [1.82, 2.24) is 33.8 Å². The lowest BCUT2D eigenvalue weighted by molar-refractivity contribution is -0.144. The number of nitrogens with zero attached hydrogens (tertiary/aromatic N) is 7. The molecule has 2 saturated carbocycles. The van der Waals surface area contributed by atoms with Crippen molar-refractivity contribution >= 4 is 33.9 Å². The number of piperidine rings is 1. The van der Waals surface area contributed by atoms with E-state index in [0.29, 0.717) is 41.8 Å². The van der Waals surface area contributed by atoms with Crippen molar-refractivity contribution < 1.29 is 19.1 Å². The van der Waals surface area contributed by atoms with Crippen molar-refractivity contribution in [2.24, 2.45) is 24.6 Å². The zero-order valence-electron chi connectivity index (χ0n) is 26.3. The van der Waals surface area contributed by atoms with Gasteiger partial charge in [0.2, 0.25) is 0 Å². The van der Waals surface area contributed by atoms with Gasteiger partial charge in [-0.15, -0.1) is 0 Å². The molecule has 5 aromatic rings. The van der Waals surface area contributed by atoms with Crippen LogP contribution < -0.4 is 10.5 Å². The molecule has 8 rings (SSSR count). The highest BCUT2D eigenvalue weighted by Crippen LogP contribution is 2.40. The number of ether oxygens (including phenoxy) is 2. The van der Waals surface area contributed by atoms with Gasteiger partial charge in [0.15, 0.2) is 5.82 Å². The summed E-state index contributed by atoms with van der Waals surface area (Å²) in [6, 6.07) is 10.1. The highest BCUT2D eigenvalue weighted by atomic mass is 16.5. The minimum atomic E-state index is -0.327. The van der Waals surface area contributed by atoms with Crippen LogP contribution in [-0.2, 0) is 29.7 Å². The number of hydrogen-bond acceptors (Lipinski definition) is 8. The minimum Gasteiger partial charge on any atom is -0.494 e. The molecular formula is C34H38N8O4. The maximum Gasteiger partial charge on any atom is 0.327 e. The van der Waals surface area contributed by atoms with Crippen molar-refractivity contribution in [2.45, 2.75) is 57.8 Å². The van der Waals surface area contributed by atoms with Crippen LogP contribution in [0.5, 0.6) is 5.75 Å². The van der Waals surface area contributed by atoms with E-state index in [2.05, 4.69) is 21.8 Å². The predicted molar refractivity (Wildman–Crippen MR) is 172 cm³/mol. The largest absolute Gasteiger partial charge is 0.494 e. The first-order valence-corrected chi connectivity index (χ1v) is 16.1. The number of pyridine rings is 1. The van der Waals surface area contributed by atoms with Crippen molar-refractivity contribution in [3.63, 3.8) is 0 Å². The van der Waals surface area contributed by atoms with Crippen LogP contribution >= 0.6 is 0 Å². The minimum absolute atomic E-state index is 0.0137. The highest BCUT2D eigenvalue weighted by molar-refractivity contribution is 6.00. The Hall–Kier alpha value is -4.71. The first-order chi connectivity index (χ1) is 22.3. The van der Waals surface area contributed by atoms with Gasteiger partial charge in [0.1, 0.15) is 23.5 Å². The highest BCUT2D eigenvalue weighted by Gasteiger charge is 2.47. The van der Waals surface area contributed by atoms with E-state index in [0.717, 1.165) is 58.7 Å². The number of hydrogen-bond donors (Lipinski definition) is 1. The Labute approximate surface area is 266 Å². The van der Waals surface area contributed by atoms with E-state index >= 15 is 0 Å². The third-order valence-electron chi connectivity index (χ3n) is 9.95. The van der Waals surface area contributed by atoms with Crippen LogP contribution in [0.1, 0.15) is 43.0 Å². The first-order valence-electron chi connectivity index (χ1n) is 16.1. The number of imidazole rings is 1. The number of fused-ring (bicyclic) bond motifs is 4. The fraction of sp³-hybridized carbons (Fsp3) is 0.441. The number of rotatable bonds is 9. The number of amides is 1. The molecule has 1 aromatic carbocycles. The van der Waals surface area contributed by atoms with E-state index in [1.54, 1.807) is 24.9 Å². The fourth-order valence-corrected chi connectivity index (χ4v) is 7.40. The SMILES string of the molecule is CCOC(=O)Cn1cc(-c2ccc3cc(-c4nc5cc(C(=O)N6CC7CCC6[C@@H]7N)cc(OC)c5n4C)n(CC4CC4)c3n2)cn1. The van der Waals surface area contributed by atoms with Crippen LogP contribution in [0.3, 0.4) is 0 Å². The Kier molecular flexibility index (Phi) is 6.86. The Morgan fingerprint density at radius 3 is 2.65 bits per heavy atom. The zero-order valence-corrected chi connectivity index (χ0v) is 26.3. The van der Waals surface area contributed by atoms with Gasteiger partial charge in [0.25, 0.3) is 5.91 Å². The molecule has 12 nitrogen and oxygen atoms in total. The zero-order chi connectivity index (χ0) is 31.7. The molecule has 2 N–H and O–H groups in total. The summed E-state index contributed by atoms with van der Waals surface area (Å²) in [7, 11) is 3.62. The molecular weight excluding hydrogens is 584 g/mol. The summed E-state index contributed by atoms with van der Waals surface area (Å²) < 4.78 is 16.8. The second kappa shape index (κ2) is 11.0. The topological polar surface area (TPSA) is 135 Å². The molecule has 238 valence electrons. The van der Waals surface area contributed by atoms with E-state index < -0.39 is 0 Å². The van der Waals surface area contributed by atoms with Gasteiger partial charge < -0.3 is 29.2 Å². The maximum atomic E-state index is 13.7. The lowest BCUT2D eigenvalue weighted by Gasteiger charge is -2.27. The number of aromatic nitrogens is 6. The van der Waals surface area contributed by atoms with Gasteiger partial charge in [-0.3, -0.25) is 14.3 Å². The average molecular weight is 623 g/mol. The number of esters is 1. The number of carbonyl (C=O) groups excluding carboxylic acids is 2. The number of methoxy groups -OCH3 is 1. The molecule has 1 amide bonds. The van der Waals surface area contributed by atoms with Crippen molar-refractivity contribution in [2.75, 3.05) is 20.3 Å². The molecule has 5 heterocycles. The Balaban J connectivity index is 1.18. The Morgan fingerprint density at radius 2 is 1.93 bits per heavy atom. The lowest BCUT2D eigenvalue weighted by atomic mass is 10.1. The molecule has 2 bridgehead atoms. The summed E-state index contributed by atoms with van der Waals surface area (Å²) in [6.45, 7) is 3.71. The van der Waals surface area contributed by atoms with Crippen LogP contribution in [0.4, 0.5) is 0 Å². The summed E-state index contributed by atoms with van der Waals surface area (Å²) in [5, 5.41) is 5.36. The second-order valence-electron chi connectivity index (χ2n) is 12.9. The molecule has 3 atom stereocenters. The monoisotopic (exact) mass is 622 g/mol. The van der Waals surface area contributed by atoms with Crippen molar-refractivity contribution in [3.8, 4) is 28.5 Å². The number of benzene rings is 1. The van der Waals surface area contributed by atoms with Gasteiger partial charge in [0.05, 0.1) is 36.8 Å². The number of carbonyl (C=O) groups is 2. The quantitative estimate of drug-likeness (QED) is 0.244. The average Bonchev–Trinajstić information content (AvgIpc) is 3.33. The van der Waals surface area contributed by atoms with Crippen molar-refractivity contribution in [3.05, 3.63) is 48.3 Å². The molecule has 0 radical (unpaired) electrons. The van der Waals surface area contributed by atoms with Crippen LogP contribution in [0.2, 0.25) is 0 Å². The molecule has 46 heavy (non-hydrogen) atoms. The molecule has 1 saturated heterocycles. The molecule has 2 aliphatic carbocycles. The van der Waals surface area contributed by atoms with Crippen LogP contribution in [-0.4, -0.2) is 78.0 Å². The van der Waals surface area contributed by atoms with Gasteiger partial charge in [0, 0.05) is 54.9 Å². The van der Waals surface area contributed by atoms with Gasteiger partial charge in [-0.1, -0.05) is 0 Å². The number of aryl methyl sites for hydroxylation is 1. The first kappa shape index (κ1) is 28.7. The molecule has 3 aliphatic rings. The molecule has 1 aliphatic heterocycles. The van der Waals surface area contributed by atoms with E-state index in [1.807, 2.05) is 40.9 Å². The van der Waals surface area contributed by atoms with E-state index in [9.17, 15) is 9.59 Å². The Bertz CT molecular complexity index is 2000. The van der Waals surface area contributed by atoms with Crippen LogP contribution in [0, 0.1) is 11.8 Å². The summed E-state index contributed by atoms with van der Waals surface area (Å²) >= 11 is 0. The summed E-state index contributed by atoms with van der Waals surface area (Å²) in [5.41, 5.74) is 12.0. The fourth-order valence-electron chi connectivity index (χ4n) is 7.40. The standard InChI is InChI=1S/C34H38N8O4/c1-4-46-29(43)18-40-16-23(14-36-40)24-9-7-20-12-27(41(32(20)37-24)15-19-5-6-19)33-38-25-11-22(13-28(45-3)31(25)39(33)2)34(44)42-17-21-8-10-26(42)30(21)35/h7,9,11-14,16,19,21,26,30H,4-6,8,10,15,17-18,35H2,1-3H3/t21?,26?,30-/m1/s1. The molecule has 4 aromatic heterocycles. The molecule has 2 unspecified atom stereocenters. The van der Waals surface area contributed by atoms with E-state index in [4.69, 9.17) is 25.2 Å². The molecule has 3 fully saturated rings. The molecule has 0 spiro atoms. The van der Waals surface area contributed by atoms with Gasteiger partial charge in [-0.2, -0.15) is 5.10 Å². The van der Waals surface area contributed by atoms with Gasteiger partial charge in [-0.05, 0) is 74.8 Å². The maximum absolute atomic E-state index is 13.7. The lowest BCUT2D eigenvalue weighted by Crippen LogP contribution is -2.41. The van der Waals surface area contributed by atoms with Gasteiger partial charge in [-0.25, -0.2) is 9.97 Å². The summed E-state index contributed by atoms with van der Waals surface area (Å²) in [4.78, 5) is 37.8. The predicted octanol–water partition coefficient (Wildman–Crippen LogP) is 4.00.